The van der Waals surface area contributed by atoms with E-state index in [1.165, 1.54) is 38.5 Å². The van der Waals surface area contributed by atoms with Crippen molar-refractivity contribution in [3.05, 3.63) is 0 Å². The normalized spacial score (nSPS) is 20.8. The molecule has 8 nitrogen and oxygen atoms in total. The van der Waals surface area contributed by atoms with Crippen LogP contribution in [0.25, 0.3) is 0 Å². The lowest BCUT2D eigenvalue weighted by Gasteiger charge is -2.30. The summed E-state index contributed by atoms with van der Waals surface area (Å²) in [5.41, 5.74) is 8.05. The summed E-state index contributed by atoms with van der Waals surface area (Å²) in [6.07, 6.45) is 11.2. The Hall–Kier alpha value is -1.83. The number of amides is 4. The van der Waals surface area contributed by atoms with Gasteiger partial charge in [-0.15, -0.1) is 0 Å². The predicted molar refractivity (Wildman–Crippen MR) is 122 cm³/mol. The second-order valence-electron chi connectivity index (χ2n) is 9.60. The van der Waals surface area contributed by atoms with Crippen molar-refractivity contribution in [2.75, 3.05) is 19.6 Å². The molecule has 2 aliphatic rings. The lowest BCUT2D eigenvalue weighted by atomic mass is 9.86. The molecule has 0 unspecified atom stereocenters. The number of hydrogen-bond donors (Lipinski definition) is 3. The third kappa shape index (κ3) is 7.98. The molecule has 1 aliphatic heterocycles. The van der Waals surface area contributed by atoms with Crippen molar-refractivity contribution < 1.29 is 14.4 Å². The second kappa shape index (κ2) is 12.9. The fourth-order valence-electron chi connectivity index (χ4n) is 4.81. The Kier molecular flexibility index (Phi) is 10.6. The molecule has 31 heavy (non-hydrogen) atoms. The molecule has 8 heteroatoms. The molecule has 4 N–H and O–H groups in total. The molecular formula is C23H43N5O3. The summed E-state index contributed by atoms with van der Waals surface area (Å²) in [6.45, 7) is 7.61. The number of primary amides is 1. The standard InChI is InChI=1S/C23H43N5O3/c1-4-9-20(21(29)26-28(23(24)31)16-17(2)3)27-15-13-19(22(27)30)25-14-8-12-18-10-6-5-7-11-18/h17-20,25H,4-16H2,1-3H3,(H2,24,31)(H,26,29)/t19-,20+/m1/s1. The number of hydrazine groups is 1. The van der Waals surface area contributed by atoms with Crippen LogP contribution in [-0.2, 0) is 9.59 Å². The van der Waals surface area contributed by atoms with Gasteiger partial charge in [0.15, 0.2) is 0 Å². The number of nitrogens with two attached hydrogens (primary N) is 1. The lowest BCUT2D eigenvalue weighted by Crippen LogP contribution is -2.57. The van der Waals surface area contributed by atoms with Crippen molar-refractivity contribution in [3.63, 3.8) is 0 Å². The van der Waals surface area contributed by atoms with E-state index in [0.717, 1.165) is 30.3 Å². The number of rotatable bonds is 11. The summed E-state index contributed by atoms with van der Waals surface area (Å²) < 4.78 is 0. The minimum Gasteiger partial charge on any atom is -0.350 e. The largest absolute Gasteiger partial charge is 0.350 e. The number of carbonyl (C=O) groups excluding carboxylic acids is 3. The topological polar surface area (TPSA) is 108 Å². The van der Waals surface area contributed by atoms with Crippen molar-refractivity contribution in [2.24, 2.45) is 17.6 Å². The lowest BCUT2D eigenvalue weighted by molar-refractivity contribution is -0.140. The van der Waals surface area contributed by atoms with Gasteiger partial charge in [-0.1, -0.05) is 59.3 Å². The summed E-state index contributed by atoms with van der Waals surface area (Å²) in [5, 5.41) is 4.56. The molecule has 2 rings (SSSR count). The van der Waals surface area contributed by atoms with Crippen molar-refractivity contribution in [2.45, 2.75) is 97.1 Å². The Labute approximate surface area is 187 Å². The van der Waals surface area contributed by atoms with Gasteiger partial charge in [0.05, 0.1) is 6.04 Å². The first-order chi connectivity index (χ1) is 14.8. The highest BCUT2D eigenvalue weighted by atomic mass is 16.2. The van der Waals surface area contributed by atoms with Crippen molar-refractivity contribution >= 4 is 17.8 Å². The molecule has 0 aromatic rings. The molecule has 4 amide bonds. The molecule has 1 aliphatic carbocycles. The van der Waals surface area contributed by atoms with Crippen LogP contribution < -0.4 is 16.5 Å². The third-order valence-electron chi connectivity index (χ3n) is 6.44. The summed E-state index contributed by atoms with van der Waals surface area (Å²) in [6, 6.07) is -1.50. The van der Waals surface area contributed by atoms with Gasteiger partial charge in [-0.2, -0.15) is 0 Å². The number of hydrogen-bond acceptors (Lipinski definition) is 4. The van der Waals surface area contributed by atoms with Crippen molar-refractivity contribution in [3.8, 4) is 0 Å². The molecule has 0 spiro atoms. The van der Waals surface area contributed by atoms with E-state index >= 15 is 0 Å². The minimum atomic E-state index is -0.692. The highest BCUT2D eigenvalue weighted by Crippen LogP contribution is 2.27. The van der Waals surface area contributed by atoms with Gasteiger partial charge in [0.25, 0.3) is 5.91 Å². The highest BCUT2D eigenvalue weighted by molar-refractivity contribution is 5.91. The van der Waals surface area contributed by atoms with Gasteiger partial charge in [-0.05, 0) is 44.1 Å². The molecule has 2 fully saturated rings. The van der Waals surface area contributed by atoms with E-state index in [9.17, 15) is 14.4 Å². The zero-order valence-electron chi connectivity index (χ0n) is 19.7. The van der Waals surface area contributed by atoms with Gasteiger partial charge < -0.3 is 16.0 Å². The highest BCUT2D eigenvalue weighted by Gasteiger charge is 2.38. The number of nitrogens with one attached hydrogen (secondary N) is 2. The van der Waals surface area contributed by atoms with Crippen molar-refractivity contribution in [1.29, 1.82) is 0 Å². The van der Waals surface area contributed by atoms with E-state index in [1.54, 1.807) is 4.90 Å². The molecule has 0 bridgehead atoms. The van der Waals surface area contributed by atoms with Gasteiger partial charge in [-0.25, -0.2) is 9.80 Å². The van der Waals surface area contributed by atoms with Gasteiger partial charge in [0.1, 0.15) is 6.04 Å². The van der Waals surface area contributed by atoms with Gasteiger partial charge >= 0.3 is 6.03 Å². The zero-order valence-corrected chi connectivity index (χ0v) is 19.7. The van der Waals surface area contributed by atoms with Crippen LogP contribution in [0, 0.1) is 11.8 Å². The molecular weight excluding hydrogens is 394 g/mol. The fourth-order valence-corrected chi connectivity index (χ4v) is 4.81. The third-order valence-corrected chi connectivity index (χ3v) is 6.44. The van der Waals surface area contributed by atoms with E-state index in [4.69, 9.17) is 5.73 Å². The van der Waals surface area contributed by atoms with Crippen LogP contribution >= 0.6 is 0 Å². The number of likely N-dealkylation sites (tertiary alicyclic amines) is 1. The average Bonchev–Trinajstić information content (AvgIpc) is 3.09. The molecule has 1 saturated carbocycles. The summed E-state index contributed by atoms with van der Waals surface area (Å²) in [7, 11) is 0. The summed E-state index contributed by atoms with van der Waals surface area (Å²) >= 11 is 0. The summed E-state index contributed by atoms with van der Waals surface area (Å²) in [5.74, 6) is 0.657. The Balaban J connectivity index is 1.85. The maximum atomic E-state index is 13.0. The van der Waals surface area contributed by atoms with Crippen LogP contribution in [-0.4, -0.2) is 59.5 Å². The van der Waals surface area contributed by atoms with E-state index < -0.39 is 12.1 Å². The van der Waals surface area contributed by atoms with Gasteiger partial charge in [-0.3, -0.25) is 15.0 Å². The molecule has 178 valence electrons. The van der Waals surface area contributed by atoms with Crippen LogP contribution in [0.2, 0.25) is 0 Å². The van der Waals surface area contributed by atoms with E-state index in [2.05, 4.69) is 10.7 Å². The molecule has 1 saturated heterocycles. The van der Waals surface area contributed by atoms with Gasteiger partial charge in [0, 0.05) is 13.1 Å². The number of urea groups is 1. The SMILES string of the molecule is CCC[C@@H](C(=O)NN(CC(C)C)C(N)=O)N1CC[C@@H](NCCCC2CCCCC2)C1=O. The van der Waals surface area contributed by atoms with Crippen LogP contribution in [0.15, 0.2) is 0 Å². The average molecular weight is 438 g/mol. The Bertz CT molecular complexity index is 592. The predicted octanol–water partition coefficient (Wildman–Crippen LogP) is 2.77. The monoisotopic (exact) mass is 437 g/mol. The Morgan fingerprint density at radius 2 is 1.90 bits per heavy atom. The van der Waals surface area contributed by atoms with E-state index in [1.807, 2.05) is 20.8 Å². The maximum absolute atomic E-state index is 13.0. The molecule has 1 heterocycles. The van der Waals surface area contributed by atoms with Crippen molar-refractivity contribution in [1.82, 2.24) is 20.7 Å². The maximum Gasteiger partial charge on any atom is 0.333 e. The quantitative estimate of drug-likeness (QED) is 0.341. The Morgan fingerprint density at radius 1 is 1.19 bits per heavy atom. The first-order valence-electron chi connectivity index (χ1n) is 12.2. The number of nitrogens with zero attached hydrogens (tertiary/aromatic N) is 2. The molecule has 2 atom stereocenters. The molecule has 0 aromatic heterocycles. The van der Waals surface area contributed by atoms with E-state index in [-0.39, 0.29) is 23.8 Å². The van der Waals surface area contributed by atoms with Gasteiger partial charge in [0.2, 0.25) is 5.91 Å². The van der Waals surface area contributed by atoms with Crippen LogP contribution in [0.1, 0.15) is 85.0 Å². The first-order valence-corrected chi connectivity index (χ1v) is 12.2. The fraction of sp³-hybridized carbons (Fsp3) is 0.870. The molecule has 0 aromatic carbocycles. The smallest absolute Gasteiger partial charge is 0.333 e. The summed E-state index contributed by atoms with van der Waals surface area (Å²) in [4.78, 5) is 39.3. The zero-order chi connectivity index (χ0) is 22.8. The van der Waals surface area contributed by atoms with E-state index in [0.29, 0.717) is 25.9 Å². The first kappa shape index (κ1) is 25.4. The van der Waals surface area contributed by atoms with Crippen LogP contribution in [0.4, 0.5) is 4.79 Å². The second-order valence-corrected chi connectivity index (χ2v) is 9.60. The Morgan fingerprint density at radius 3 is 2.52 bits per heavy atom. The van der Waals surface area contributed by atoms with Crippen LogP contribution in [0.5, 0.6) is 0 Å². The van der Waals surface area contributed by atoms with Crippen LogP contribution in [0.3, 0.4) is 0 Å². The minimum absolute atomic E-state index is 0.0132. The number of carbonyl (C=O) groups is 3. The molecule has 0 radical (unpaired) electrons.